The Morgan fingerprint density at radius 1 is 1.14 bits per heavy atom. The van der Waals surface area contributed by atoms with E-state index >= 15 is 0 Å². The van der Waals surface area contributed by atoms with Gasteiger partial charge in [0.2, 0.25) is 0 Å². The van der Waals surface area contributed by atoms with E-state index in [1.54, 1.807) is 0 Å². The van der Waals surface area contributed by atoms with Gasteiger partial charge in [-0.2, -0.15) is 0 Å². The lowest BCUT2D eigenvalue weighted by atomic mass is 9.94. The summed E-state index contributed by atoms with van der Waals surface area (Å²) in [6, 6.07) is 16.7. The summed E-state index contributed by atoms with van der Waals surface area (Å²) in [5, 5.41) is 4.24. The van der Waals surface area contributed by atoms with E-state index < -0.39 is 0 Å². The Bertz CT molecular complexity index is 594. The van der Waals surface area contributed by atoms with Crippen LogP contribution in [0.3, 0.4) is 0 Å². The molecule has 1 aliphatic rings. The van der Waals surface area contributed by atoms with E-state index in [0.717, 1.165) is 36.3 Å². The molecule has 21 heavy (non-hydrogen) atoms. The van der Waals surface area contributed by atoms with Gasteiger partial charge in [0.25, 0.3) is 0 Å². The molecule has 2 nitrogen and oxygen atoms in total. The van der Waals surface area contributed by atoms with Crippen LogP contribution in [0, 0.1) is 5.92 Å². The van der Waals surface area contributed by atoms with E-state index in [9.17, 15) is 0 Å². The lowest BCUT2D eigenvalue weighted by molar-refractivity contribution is 0.535. The van der Waals surface area contributed by atoms with Crippen molar-refractivity contribution in [3.8, 4) is 0 Å². The summed E-state index contributed by atoms with van der Waals surface area (Å²) in [4.78, 5) is 2.49. The number of benzene rings is 2. The lowest BCUT2D eigenvalue weighted by Gasteiger charge is -2.35. The van der Waals surface area contributed by atoms with Crippen molar-refractivity contribution >= 4 is 23.0 Å². The maximum absolute atomic E-state index is 5.90. The highest BCUT2D eigenvalue weighted by atomic mass is 35.5. The Balaban J connectivity index is 1.61. The Morgan fingerprint density at radius 3 is 2.71 bits per heavy atom. The monoisotopic (exact) mass is 300 g/mol. The van der Waals surface area contributed by atoms with Gasteiger partial charge in [-0.1, -0.05) is 36.7 Å². The first kappa shape index (κ1) is 14.3. The number of hydrogen-bond donors (Lipinski definition) is 1. The van der Waals surface area contributed by atoms with Crippen LogP contribution < -0.4 is 10.2 Å². The molecule has 0 amide bonds. The minimum atomic E-state index is 0.718. The zero-order valence-electron chi connectivity index (χ0n) is 12.3. The number of hydrogen-bond acceptors (Lipinski definition) is 2. The highest BCUT2D eigenvalue weighted by Gasteiger charge is 2.20. The fraction of sp³-hybridized carbons (Fsp3) is 0.333. The van der Waals surface area contributed by atoms with Crippen molar-refractivity contribution in [2.24, 2.45) is 5.92 Å². The van der Waals surface area contributed by atoms with Crippen LogP contribution in [0.15, 0.2) is 48.5 Å². The van der Waals surface area contributed by atoms with Crippen LogP contribution in [0.4, 0.5) is 11.4 Å². The van der Waals surface area contributed by atoms with Crippen LogP contribution in [0.5, 0.6) is 0 Å². The highest BCUT2D eigenvalue weighted by Crippen LogP contribution is 2.29. The van der Waals surface area contributed by atoms with Crippen molar-refractivity contribution in [1.29, 1.82) is 0 Å². The standard InChI is InChI=1S/C18H21ClN2/c1-14-12-15-4-2-3-5-18(15)21(13-14)11-10-20-17-8-6-16(19)7-9-17/h2-9,14,20H,10-13H2,1H3. The third kappa shape index (κ3) is 3.51. The maximum Gasteiger partial charge on any atom is 0.0407 e. The van der Waals surface area contributed by atoms with Crippen LogP contribution in [0.2, 0.25) is 5.02 Å². The van der Waals surface area contributed by atoms with E-state index in [1.807, 2.05) is 24.3 Å². The topological polar surface area (TPSA) is 15.3 Å². The fourth-order valence-corrected chi connectivity index (χ4v) is 3.15. The highest BCUT2D eigenvalue weighted by molar-refractivity contribution is 6.30. The Morgan fingerprint density at radius 2 is 1.90 bits per heavy atom. The smallest absolute Gasteiger partial charge is 0.0407 e. The van der Waals surface area contributed by atoms with E-state index in [2.05, 4.69) is 41.4 Å². The first-order chi connectivity index (χ1) is 10.2. The second-order valence-corrected chi connectivity index (χ2v) is 6.25. The number of rotatable bonds is 4. The molecule has 0 aromatic heterocycles. The van der Waals surface area contributed by atoms with Gasteiger partial charge in [0, 0.05) is 36.0 Å². The van der Waals surface area contributed by atoms with Crippen molar-refractivity contribution in [1.82, 2.24) is 0 Å². The molecule has 2 aromatic carbocycles. The maximum atomic E-state index is 5.90. The average molecular weight is 301 g/mol. The number of fused-ring (bicyclic) bond motifs is 1. The molecule has 2 aromatic rings. The Labute approximate surface area is 131 Å². The van der Waals surface area contributed by atoms with Gasteiger partial charge in [-0.25, -0.2) is 0 Å². The van der Waals surface area contributed by atoms with Crippen molar-refractivity contribution in [3.63, 3.8) is 0 Å². The molecule has 0 bridgehead atoms. The number of nitrogens with one attached hydrogen (secondary N) is 1. The molecule has 3 rings (SSSR count). The minimum Gasteiger partial charge on any atom is -0.383 e. The molecule has 0 radical (unpaired) electrons. The normalized spacial score (nSPS) is 17.4. The van der Waals surface area contributed by atoms with Gasteiger partial charge in [-0.15, -0.1) is 0 Å². The molecule has 3 heteroatoms. The zero-order chi connectivity index (χ0) is 14.7. The molecule has 1 atom stereocenters. The molecule has 0 fully saturated rings. The summed E-state index contributed by atoms with van der Waals surface area (Å²) in [6.07, 6.45) is 1.19. The first-order valence-corrected chi connectivity index (χ1v) is 7.92. The molecule has 0 saturated carbocycles. The average Bonchev–Trinajstić information content (AvgIpc) is 2.49. The zero-order valence-corrected chi connectivity index (χ0v) is 13.1. The van der Waals surface area contributed by atoms with Crippen molar-refractivity contribution in [2.45, 2.75) is 13.3 Å². The van der Waals surface area contributed by atoms with Gasteiger partial charge < -0.3 is 10.2 Å². The van der Waals surface area contributed by atoms with Crippen LogP contribution in [0.25, 0.3) is 0 Å². The lowest BCUT2D eigenvalue weighted by Crippen LogP contribution is -2.37. The molecular formula is C18H21ClN2. The number of anilines is 2. The largest absolute Gasteiger partial charge is 0.383 e. The molecule has 1 heterocycles. The molecule has 0 spiro atoms. The number of halogens is 1. The number of nitrogens with zero attached hydrogens (tertiary/aromatic N) is 1. The minimum absolute atomic E-state index is 0.718. The summed E-state index contributed by atoms with van der Waals surface area (Å²) in [7, 11) is 0. The van der Waals surface area contributed by atoms with Crippen LogP contribution >= 0.6 is 11.6 Å². The molecular weight excluding hydrogens is 280 g/mol. The summed E-state index contributed by atoms with van der Waals surface area (Å²) in [6.45, 7) is 5.42. The second-order valence-electron chi connectivity index (χ2n) is 5.82. The third-order valence-corrected chi connectivity index (χ3v) is 4.24. The van der Waals surface area contributed by atoms with Crippen LogP contribution in [0.1, 0.15) is 12.5 Å². The Kier molecular flexibility index (Phi) is 4.35. The molecule has 110 valence electrons. The van der Waals surface area contributed by atoms with Crippen molar-refractivity contribution in [3.05, 3.63) is 59.1 Å². The second kappa shape index (κ2) is 6.40. The van der Waals surface area contributed by atoms with Gasteiger partial charge in [0.1, 0.15) is 0 Å². The number of para-hydroxylation sites is 1. The molecule has 1 aliphatic heterocycles. The third-order valence-electron chi connectivity index (χ3n) is 3.99. The summed E-state index contributed by atoms with van der Waals surface area (Å²) in [5.41, 5.74) is 3.99. The Hall–Kier alpha value is -1.67. The molecule has 1 N–H and O–H groups in total. The predicted octanol–water partition coefficient (Wildman–Crippen LogP) is 4.45. The van der Waals surface area contributed by atoms with E-state index in [4.69, 9.17) is 11.6 Å². The van der Waals surface area contributed by atoms with Gasteiger partial charge in [-0.05, 0) is 48.2 Å². The van der Waals surface area contributed by atoms with Crippen molar-refractivity contribution in [2.75, 3.05) is 29.9 Å². The first-order valence-electron chi connectivity index (χ1n) is 7.54. The van der Waals surface area contributed by atoms with Crippen LogP contribution in [-0.2, 0) is 6.42 Å². The van der Waals surface area contributed by atoms with Crippen molar-refractivity contribution < 1.29 is 0 Å². The summed E-state index contributed by atoms with van der Waals surface area (Å²) >= 11 is 5.90. The van der Waals surface area contributed by atoms with E-state index in [-0.39, 0.29) is 0 Å². The van der Waals surface area contributed by atoms with Gasteiger partial charge in [0.15, 0.2) is 0 Å². The predicted molar refractivity (Wildman–Crippen MR) is 91.5 cm³/mol. The van der Waals surface area contributed by atoms with Gasteiger partial charge >= 0.3 is 0 Å². The molecule has 0 aliphatic carbocycles. The van der Waals surface area contributed by atoms with E-state index in [0.29, 0.717) is 0 Å². The fourth-order valence-electron chi connectivity index (χ4n) is 3.02. The molecule has 1 unspecified atom stereocenters. The van der Waals surface area contributed by atoms with Crippen LogP contribution in [-0.4, -0.2) is 19.6 Å². The SMILES string of the molecule is CC1Cc2ccccc2N(CCNc2ccc(Cl)cc2)C1. The van der Waals surface area contributed by atoms with E-state index in [1.165, 1.54) is 17.7 Å². The summed E-state index contributed by atoms with van der Waals surface area (Å²) in [5.74, 6) is 0.718. The van der Waals surface area contributed by atoms with Gasteiger partial charge in [0.05, 0.1) is 0 Å². The summed E-state index contributed by atoms with van der Waals surface area (Å²) < 4.78 is 0. The quantitative estimate of drug-likeness (QED) is 0.897. The molecule has 0 saturated heterocycles. The van der Waals surface area contributed by atoms with Gasteiger partial charge in [-0.3, -0.25) is 0 Å².